The summed E-state index contributed by atoms with van der Waals surface area (Å²) in [6.45, 7) is 0.447. The fraction of sp³-hybridized carbons (Fsp3) is 0.929. The summed E-state index contributed by atoms with van der Waals surface area (Å²) in [6.07, 6.45) is 6.04. The number of hydrogen-bond donors (Lipinski definition) is 2. The highest BCUT2D eigenvalue weighted by Gasteiger charge is 2.40. The van der Waals surface area contributed by atoms with Gasteiger partial charge in [-0.25, -0.2) is 8.42 Å². The van der Waals surface area contributed by atoms with Crippen LogP contribution in [-0.4, -0.2) is 49.6 Å². The summed E-state index contributed by atoms with van der Waals surface area (Å²) in [6, 6.07) is 0.448. The van der Waals surface area contributed by atoms with Crippen LogP contribution in [0.3, 0.4) is 0 Å². The standard InChI is InChI=1S/C14H25N3O3S.ClH/c15-12-7-10-3-1-4-11(8-12)14(10)16-13(18)9-17-5-2-6-21(17,19)20;/h10-12,14H,1-9,15H2,(H,16,18);1H. The maximum Gasteiger partial charge on any atom is 0.235 e. The number of fused-ring (bicyclic) bond motifs is 2. The molecule has 0 aromatic carbocycles. The van der Waals surface area contributed by atoms with Crippen molar-refractivity contribution in [2.45, 2.75) is 50.6 Å². The third-order valence-corrected chi connectivity index (χ3v) is 7.13. The van der Waals surface area contributed by atoms with Crippen molar-refractivity contribution in [2.75, 3.05) is 18.8 Å². The van der Waals surface area contributed by atoms with Crippen molar-refractivity contribution in [3.05, 3.63) is 0 Å². The summed E-state index contributed by atoms with van der Waals surface area (Å²) in [5.74, 6) is 0.945. The van der Waals surface area contributed by atoms with Gasteiger partial charge < -0.3 is 11.1 Å². The lowest BCUT2D eigenvalue weighted by molar-refractivity contribution is -0.123. The average Bonchev–Trinajstić information content (AvgIpc) is 2.70. The van der Waals surface area contributed by atoms with E-state index in [0.717, 1.165) is 25.7 Å². The van der Waals surface area contributed by atoms with Crippen LogP contribution in [0, 0.1) is 11.8 Å². The van der Waals surface area contributed by atoms with Crippen molar-refractivity contribution in [1.82, 2.24) is 9.62 Å². The number of carbonyl (C=O) groups excluding carboxylic acids is 1. The summed E-state index contributed by atoms with van der Waals surface area (Å²) in [5.41, 5.74) is 6.09. The van der Waals surface area contributed by atoms with Gasteiger partial charge in [0.2, 0.25) is 15.9 Å². The smallest absolute Gasteiger partial charge is 0.235 e. The fourth-order valence-electron chi connectivity index (χ4n) is 4.29. The Balaban J connectivity index is 0.00000176. The molecule has 128 valence electrons. The first kappa shape index (κ1) is 18.0. The van der Waals surface area contributed by atoms with E-state index in [1.807, 2.05) is 0 Å². The Bertz CT molecular complexity index is 499. The molecule has 3 fully saturated rings. The van der Waals surface area contributed by atoms with Crippen molar-refractivity contribution in [2.24, 2.45) is 17.6 Å². The number of nitrogens with two attached hydrogens (primary N) is 1. The maximum absolute atomic E-state index is 12.2. The zero-order valence-electron chi connectivity index (χ0n) is 12.7. The number of rotatable bonds is 3. The van der Waals surface area contributed by atoms with Gasteiger partial charge in [0.15, 0.2) is 0 Å². The van der Waals surface area contributed by atoms with Crippen molar-refractivity contribution in [3.63, 3.8) is 0 Å². The predicted octanol–water partition coefficient (Wildman–Crippen LogP) is 0.466. The first-order valence-electron chi connectivity index (χ1n) is 7.98. The molecule has 1 saturated heterocycles. The zero-order chi connectivity index (χ0) is 15.0. The second-order valence-corrected chi connectivity index (χ2v) is 8.87. The quantitative estimate of drug-likeness (QED) is 0.772. The fourth-order valence-corrected chi connectivity index (χ4v) is 5.76. The largest absolute Gasteiger partial charge is 0.352 e. The molecular formula is C14H26ClN3O3S. The Morgan fingerprint density at radius 3 is 2.36 bits per heavy atom. The number of nitrogens with zero attached hydrogens (tertiary/aromatic N) is 1. The van der Waals surface area contributed by atoms with Gasteiger partial charge in [-0.1, -0.05) is 6.42 Å². The van der Waals surface area contributed by atoms with E-state index >= 15 is 0 Å². The molecule has 1 amide bonds. The van der Waals surface area contributed by atoms with Gasteiger partial charge in [0.05, 0.1) is 12.3 Å². The number of carbonyl (C=O) groups is 1. The van der Waals surface area contributed by atoms with Gasteiger partial charge in [0.1, 0.15) is 0 Å². The van der Waals surface area contributed by atoms with E-state index < -0.39 is 10.0 Å². The Morgan fingerprint density at radius 2 is 1.82 bits per heavy atom. The van der Waals surface area contributed by atoms with Crippen LogP contribution in [0.25, 0.3) is 0 Å². The van der Waals surface area contributed by atoms with Crippen LogP contribution in [0.15, 0.2) is 0 Å². The molecule has 2 unspecified atom stereocenters. The Hall–Kier alpha value is -0.370. The van der Waals surface area contributed by atoms with Crippen molar-refractivity contribution < 1.29 is 13.2 Å². The van der Waals surface area contributed by atoms with Gasteiger partial charge in [0.25, 0.3) is 0 Å². The molecule has 0 aromatic heterocycles. The van der Waals surface area contributed by atoms with Gasteiger partial charge >= 0.3 is 0 Å². The molecule has 6 nitrogen and oxygen atoms in total. The molecule has 22 heavy (non-hydrogen) atoms. The second-order valence-electron chi connectivity index (χ2n) is 6.78. The number of halogens is 1. The summed E-state index contributed by atoms with van der Waals surface area (Å²) >= 11 is 0. The Kier molecular flexibility index (Phi) is 5.74. The van der Waals surface area contributed by atoms with E-state index in [1.165, 1.54) is 10.7 Å². The van der Waals surface area contributed by atoms with Crippen LogP contribution in [0.1, 0.15) is 38.5 Å². The van der Waals surface area contributed by atoms with E-state index in [4.69, 9.17) is 5.73 Å². The highest BCUT2D eigenvalue weighted by molar-refractivity contribution is 7.89. The third-order valence-electron chi connectivity index (χ3n) is 5.23. The first-order chi connectivity index (χ1) is 9.95. The maximum atomic E-state index is 12.2. The highest BCUT2D eigenvalue weighted by atomic mass is 35.5. The summed E-state index contributed by atoms with van der Waals surface area (Å²) in [7, 11) is -3.20. The summed E-state index contributed by atoms with van der Waals surface area (Å²) < 4.78 is 24.8. The molecule has 8 heteroatoms. The number of nitrogens with one attached hydrogen (secondary N) is 1. The minimum atomic E-state index is -3.20. The molecule has 3 N–H and O–H groups in total. The molecular weight excluding hydrogens is 326 g/mol. The summed E-state index contributed by atoms with van der Waals surface area (Å²) in [4.78, 5) is 12.2. The second kappa shape index (κ2) is 7.03. The van der Waals surface area contributed by atoms with Gasteiger partial charge in [0, 0.05) is 18.6 Å². The van der Waals surface area contributed by atoms with Crippen LogP contribution >= 0.6 is 12.4 Å². The monoisotopic (exact) mass is 351 g/mol. The number of hydrogen-bond acceptors (Lipinski definition) is 4. The molecule has 2 saturated carbocycles. The van der Waals surface area contributed by atoms with Crippen molar-refractivity contribution in [3.8, 4) is 0 Å². The Morgan fingerprint density at radius 1 is 1.18 bits per heavy atom. The lowest BCUT2D eigenvalue weighted by atomic mass is 9.67. The molecule has 3 aliphatic rings. The molecule has 2 atom stereocenters. The van der Waals surface area contributed by atoms with E-state index in [2.05, 4.69) is 5.32 Å². The van der Waals surface area contributed by atoms with Crippen LogP contribution in [-0.2, 0) is 14.8 Å². The van der Waals surface area contributed by atoms with E-state index in [-0.39, 0.29) is 42.7 Å². The lowest BCUT2D eigenvalue weighted by Gasteiger charge is -2.45. The van der Waals surface area contributed by atoms with Crippen molar-refractivity contribution in [1.29, 1.82) is 0 Å². The van der Waals surface area contributed by atoms with E-state index in [1.54, 1.807) is 0 Å². The van der Waals surface area contributed by atoms with Crippen LogP contribution in [0.5, 0.6) is 0 Å². The predicted molar refractivity (Wildman–Crippen MR) is 87.2 cm³/mol. The molecule has 1 aliphatic heterocycles. The average molecular weight is 352 g/mol. The third kappa shape index (κ3) is 3.75. The molecule has 2 bridgehead atoms. The van der Waals surface area contributed by atoms with Crippen molar-refractivity contribution >= 4 is 28.3 Å². The SMILES string of the molecule is Cl.NC1CC2CCCC(C1)C2NC(=O)CN1CCCS1(=O)=O. The van der Waals surface area contributed by atoms with E-state index in [9.17, 15) is 13.2 Å². The van der Waals surface area contributed by atoms with Gasteiger partial charge in [-0.15, -0.1) is 12.4 Å². The minimum Gasteiger partial charge on any atom is -0.352 e. The lowest BCUT2D eigenvalue weighted by Crippen LogP contribution is -2.55. The molecule has 0 spiro atoms. The zero-order valence-corrected chi connectivity index (χ0v) is 14.4. The van der Waals surface area contributed by atoms with Gasteiger partial charge in [-0.05, 0) is 43.9 Å². The highest BCUT2D eigenvalue weighted by Crippen LogP contribution is 2.39. The summed E-state index contributed by atoms with van der Waals surface area (Å²) in [5, 5.41) is 3.11. The van der Waals surface area contributed by atoms with Gasteiger partial charge in [-0.2, -0.15) is 4.31 Å². The molecule has 2 aliphatic carbocycles. The first-order valence-corrected chi connectivity index (χ1v) is 9.59. The van der Waals surface area contributed by atoms with Crippen LogP contribution < -0.4 is 11.1 Å². The normalized spacial score (nSPS) is 37.3. The Labute approximate surface area is 138 Å². The van der Waals surface area contributed by atoms with E-state index in [0.29, 0.717) is 24.8 Å². The molecule has 1 heterocycles. The topological polar surface area (TPSA) is 92.5 Å². The number of sulfonamides is 1. The molecule has 0 aromatic rings. The van der Waals surface area contributed by atoms with Gasteiger partial charge in [-0.3, -0.25) is 4.79 Å². The van der Waals surface area contributed by atoms with Crippen LogP contribution in [0.4, 0.5) is 0 Å². The van der Waals surface area contributed by atoms with Crippen LogP contribution in [0.2, 0.25) is 0 Å². The molecule has 0 radical (unpaired) electrons. The number of amides is 1. The minimum absolute atomic E-state index is 0. The molecule has 3 rings (SSSR count).